The largest absolute Gasteiger partial charge is 0.354 e. The van der Waals surface area contributed by atoms with Crippen LogP contribution in [0.1, 0.15) is 25.3 Å². The van der Waals surface area contributed by atoms with Crippen molar-refractivity contribution in [1.82, 2.24) is 15.6 Å². The summed E-state index contributed by atoms with van der Waals surface area (Å²) in [5, 5.41) is 6.27. The Balaban J connectivity index is 0.00000180. The number of amides is 1. The summed E-state index contributed by atoms with van der Waals surface area (Å²) in [6.45, 7) is 3.83. The molecule has 1 aliphatic heterocycles. The van der Waals surface area contributed by atoms with Crippen LogP contribution in [0.2, 0.25) is 0 Å². The Hall–Kier alpha value is -1.13. The van der Waals surface area contributed by atoms with Gasteiger partial charge >= 0.3 is 0 Å². The summed E-state index contributed by atoms with van der Waals surface area (Å²) in [6, 6.07) is 3.93. The first kappa shape index (κ1) is 15.9. The van der Waals surface area contributed by atoms with E-state index < -0.39 is 0 Å². The lowest BCUT2D eigenvalue weighted by atomic mass is 9.94. The van der Waals surface area contributed by atoms with Crippen molar-refractivity contribution < 1.29 is 4.79 Å². The maximum Gasteiger partial charge on any atom is 0.237 e. The fraction of sp³-hybridized carbons (Fsp3) is 0.571. The molecule has 5 heteroatoms. The summed E-state index contributed by atoms with van der Waals surface area (Å²) >= 11 is 0. The van der Waals surface area contributed by atoms with E-state index in [-0.39, 0.29) is 24.4 Å². The number of aromatic nitrogens is 1. The van der Waals surface area contributed by atoms with Gasteiger partial charge < -0.3 is 10.6 Å². The highest BCUT2D eigenvalue weighted by Crippen LogP contribution is 2.14. The third-order valence-corrected chi connectivity index (χ3v) is 3.42. The maximum absolute atomic E-state index is 11.9. The first-order chi connectivity index (χ1) is 8.75. The second kappa shape index (κ2) is 8.12. The first-order valence-electron chi connectivity index (χ1n) is 6.65. The van der Waals surface area contributed by atoms with Gasteiger partial charge in [0, 0.05) is 18.9 Å². The Bertz CT molecular complexity index is 386. The van der Waals surface area contributed by atoms with Gasteiger partial charge in [-0.05, 0) is 43.4 Å². The number of carbonyl (C=O) groups is 1. The molecule has 0 radical (unpaired) electrons. The number of hydrogen-bond donors (Lipinski definition) is 2. The van der Waals surface area contributed by atoms with Crippen LogP contribution in [0.15, 0.2) is 24.5 Å². The lowest BCUT2D eigenvalue weighted by Gasteiger charge is -2.27. The lowest BCUT2D eigenvalue weighted by molar-refractivity contribution is -0.123. The maximum atomic E-state index is 11.9. The topological polar surface area (TPSA) is 54.0 Å². The summed E-state index contributed by atoms with van der Waals surface area (Å²) in [6.07, 6.45) is 6.54. The van der Waals surface area contributed by atoms with Crippen LogP contribution in [0.25, 0.3) is 0 Å². The third-order valence-electron chi connectivity index (χ3n) is 3.42. The summed E-state index contributed by atoms with van der Waals surface area (Å²) in [7, 11) is 0. The second-order valence-corrected chi connectivity index (χ2v) is 5.04. The molecule has 2 rings (SSSR count). The molecular formula is C14H22ClN3O. The van der Waals surface area contributed by atoms with Crippen molar-refractivity contribution in [3.05, 3.63) is 30.1 Å². The van der Waals surface area contributed by atoms with Gasteiger partial charge in [0.05, 0.1) is 6.04 Å². The van der Waals surface area contributed by atoms with E-state index in [0.29, 0.717) is 12.5 Å². The SMILES string of the molecule is CC1CCNC(C(=O)NCCc2cccnc2)C1.Cl. The minimum absolute atomic E-state index is 0. The zero-order valence-corrected chi connectivity index (χ0v) is 12.1. The van der Waals surface area contributed by atoms with E-state index in [0.717, 1.165) is 24.9 Å². The van der Waals surface area contributed by atoms with E-state index in [4.69, 9.17) is 0 Å². The smallest absolute Gasteiger partial charge is 0.237 e. The Kier molecular flexibility index (Phi) is 6.81. The standard InChI is InChI=1S/C14H21N3O.ClH/c1-11-4-7-16-13(9-11)14(18)17-8-5-12-3-2-6-15-10-12;/h2-3,6,10-11,13,16H,4-5,7-9H2,1H3,(H,17,18);1H. The van der Waals surface area contributed by atoms with Gasteiger partial charge in [-0.3, -0.25) is 9.78 Å². The number of pyridine rings is 1. The molecule has 2 unspecified atom stereocenters. The average molecular weight is 284 g/mol. The molecular weight excluding hydrogens is 262 g/mol. The fourth-order valence-electron chi connectivity index (χ4n) is 2.31. The van der Waals surface area contributed by atoms with Crippen LogP contribution in [0.3, 0.4) is 0 Å². The number of carbonyl (C=O) groups excluding carboxylic acids is 1. The van der Waals surface area contributed by atoms with Crippen LogP contribution in [0.5, 0.6) is 0 Å². The molecule has 106 valence electrons. The van der Waals surface area contributed by atoms with Crippen molar-refractivity contribution in [3.63, 3.8) is 0 Å². The zero-order valence-electron chi connectivity index (χ0n) is 11.3. The number of piperidine rings is 1. The Morgan fingerprint density at radius 2 is 2.42 bits per heavy atom. The van der Waals surface area contributed by atoms with Crippen LogP contribution in [-0.2, 0) is 11.2 Å². The van der Waals surface area contributed by atoms with Crippen molar-refractivity contribution in [2.75, 3.05) is 13.1 Å². The molecule has 2 heterocycles. The highest BCUT2D eigenvalue weighted by atomic mass is 35.5. The van der Waals surface area contributed by atoms with Crippen LogP contribution in [0, 0.1) is 5.92 Å². The zero-order chi connectivity index (χ0) is 12.8. The molecule has 2 N–H and O–H groups in total. The molecule has 1 amide bonds. The van der Waals surface area contributed by atoms with Crippen molar-refractivity contribution >= 4 is 18.3 Å². The van der Waals surface area contributed by atoms with E-state index in [2.05, 4.69) is 22.5 Å². The fourth-order valence-corrected chi connectivity index (χ4v) is 2.31. The lowest BCUT2D eigenvalue weighted by Crippen LogP contribution is -2.48. The van der Waals surface area contributed by atoms with Crippen LogP contribution < -0.4 is 10.6 Å². The summed E-state index contributed by atoms with van der Waals surface area (Å²) in [4.78, 5) is 16.0. The monoisotopic (exact) mass is 283 g/mol. The molecule has 0 spiro atoms. The summed E-state index contributed by atoms with van der Waals surface area (Å²) in [5.74, 6) is 0.769. The Morgan fingerprint density at radius 1 is 1.58 bits per heavy atom. The summed E-state index contributed by atoms with van der Waals surface area (Å²) in [5.41, 5.74) is 1.16. The molecule has 1 fully saturated rings. The Morgan fingerprint density at radius 3 is 3.11 bits per heavy atom. The molecule has 0 aromatic carbocycles. The van der Waals surface area contributed by atoms with Crippen molar-refractivity contribution in [2.24, 2.45) is 5.92 Å². The number of hydrogen-bond acceptors (Lipinski definition) is 3. The van der Waals surface area contributed by atoms with Gasteiger partial charge in [0.25, 0.3) is 0 Å². The van der Waals surface area contributed by atoms with Gasteiger partial charge in [-0.25, -0.2) is 0 Å². The number of nitrogens with zero attached hydrogens (tertiary/aromatic N) is 1. The number of nitrogens with one attached hydrogen (secondary N) is 2. The van der Waals surface area contributed by atoms with E-state index >= 15 is 0 Å². The molecule has 0 aliphatic carbocycles. The van der Waals surface area contributed by atoms with Gasteiger partial charge in [-0.2, -0.15) is 0 Å². The molecule has 4 nitrogen and oxygen atoms in total. The minimum atomic E-state index is -0.0114. The molecule has 1 aromatic heterocycles. The molecule has 1 aromatic rings. The molecule has 2 atom stereocenters. The molecule has 0 saturated carbocycles. The molecule has 0 bridgehead atoms. The van der Waals surface area contributed by atoms with Crippen LogP contribution in [-0.4, -0.2) is 30.0 Å². The Labute approximate surface area is 120 Å². The average Bonchev–Trinajstić information content (AvgIpc) is 2.40. The van der Waals surface area contributed by atoms with Gasteiger partial charge in [-0.15, -0.1) is 12.4 Å². The molecule has 19 heavy (non-hydrogen) atoms. The first-order valence-corrected chi connectivity index (χ1v) is 6.65. The van der Waals surface area contributed by atoms with Crippen LogP contribution >= 0.6 is 12.4 Å². The predicted molar refractivity (Wildman–Crippen MR) is 78.4 cm³/mol. The quantitative estimate of drug-likeness (QED) is 0.882. The normalized spacial score (nSPS) is 22.4. The predicted octanol–water partition coefficient (Wildman–Crippen LogP) is 1.55. The van der Waals surface area contributed by atoms with Gasteiger partial charge in [-0.1, -0.05) is 13.0 Å². The van der Waals surface area contributed by atoms with Crippen molar-refractivity contribution in [3.8, 4) is 0 Å². The number of halogens is 1. The highest BCUT2D eigenvalue weighted by Gasteiger charge is 2.23. The van der Waals surface area contributed by atoms with Crippen LogP contribution in [0.4, 0.5) is 0 Å². The third kappa shape index (κ3) is 5.17. The highest BCUT2D eigenvalue weighted by molar-refractivity contribution is 5.85. The molecule has 1 aliphatic rings. The van der Waals surface area contributed by atoms with E-state index in [1.54, 1.807) is 6.20 Å². The van der Waals surface area contributed by atoms with E-state index in [9.17, 15) is 4.79 Å². The van der Waals surface area contributed by atoms with E-state index in [1.165, 1.54) is 6.42 Å². The minimum Gasteiger partial charge on any atom is -0.354 e. The van der Waals surface area contributed by atoms with Crippen molar-refractivity contribution in [2.45, 2.75) is 32.2 Å². The van der Waals surface area contributed by atoms with Crippen molar-refractivity contribution in [1.29, 1.82) is 0 Å². The van der Waals surface area contributed by atoms with Gasteiger partial charge in [0.2, 0.25) is 5.91 Å². The number of rotatable bonds is 4. The second-order valence-electron chi connectivity index (χ2n) is 5.04. The van der Waals surface area contributed by atoms with Gasteiger partial charge in [0.1, 0.15) is 0 Å². The van der Waals surface area contributed by atoms with E-state index in [1.807, 2.05) is 18.3 Å². The van der Waals surface area contributed by atoms with Gasteiger partial charge in [0.15, 0.2) is 0 Å². The summed E-state index contributed by atoms with van der Waals surface area (Å²) < 4.78 is 0. The molecule has 1 saturated heterocycles.